The van der Waals surface area contributed by atoms with Crippen LogP contribution in [0.15, 0.2) is 62.3 Å². The van der Waals surface area contributed by atoms with Gasteiger partial charge in [-0.2, -0.15) is 0 Å². The number of benzene rings is 2. The molecule has 1 amide bonds. The van der Waals surface area contributed by atoms with Crippen molar-refractivity contribution in [3.8, 4) is 11.5 Å². The first-order valence-corrected chi connectivity index (χ1v) is 9.16. The lowest BCUT2D eigenvalue weighted by molar-refractivity contribution is -0.115. The molecular formula is C17H13BrFN3O2S. The van der Waals surface area contributed by atoms with Gasteiger partial charge in [0.1, 0.15) is 5.82 Å². The van der Waals surface area contributed by atoms with Gasteiger partial charge in [0.15, 0.2) is 0 Å². The maximum absolute atomic E-state index is 12.8. The molecule has 5 nitrogen and oxygen atoms in total. The summed E-state index contributed by atoms with van der Waals surface area (Å²) >= 11 is 4.85. The summed E-state index contributed by atoms with van der Waals surface area (Å²) in [6.07, 6.45) is 0.274. The van der Waals surface area contributed by atoms with Crippen LogP contribution in [0.25, 0.3) is 11.5 Å². The van der Waals surface area contributed by atoms with Crippen LogP contribution in [-0.2, 0) is 4.79 Å². The van der Waals surface area contributed by atoms with Crippen LogP contribution in [0.4, 0.5) is 10.4 Å². The fourth-order valence-electron chi connectivity index (χ4n) is 1.99. The van der Waals surface area contributed by atoms with Gasteiger partial charge in [0.25, 0.3) is 0 Å². The highest BCUT2D eigenvalue weighted by molar-refractivity contribution is 9.10. The lowest BCUT2D eigenvalue weighted by Crippen LogP contribution is -2.12. The third-order valence-electron chi connectivity index (χ3n) is 3.15. The second kappa shape index (κ2) is 8.26. The first kappa shape index (κ1) is 17.6. The van der Waals surface area contributed by atoms with Gasteiger partial charge in [0.2, 0.25) is 11.8 Å². The van der Waals surface area contributed by atoms with Crippen LogP contribution in [0, 0.1) is 5.82 Å². The maximum atomic E-state index is 12.8. The molecule has 0 aliphatic carbocycles. The molecular weight excluding hydrogens is 409 g/mol. The van der Waals surface area contributed by atoms with Crippen molar-refractivity contribution in [2.24, 2.45) is 0 Å². The van der Waals surface area contributed by atoms with E-state index in [4.69, 9.17) is 4.42 Å². The molecule has 0 atom stereocenters. The molecule has 0 aliphatic rings. The molecule has 8 heteroatoms. The Kier molecular flexibility index (Phi) is 5.83. The molecule has 1 aromatic heterocycles. The summed E-state index contributed by atoms with van der Waals surface area (Å²) in [5.41, 5.74) is 0.759. The number of rotatable bonds is 6. The Morgan fingerprint density at radius 1 is 1.20 bits per heavy atom. The van der Waals surface area contributed by atoms with Crippen molar-refractivity contribution in [1.29, 1.82) is 0 Å². The van der Waals surface area contributed by atoms with E-state index >= 15 is 0 Å². The number of carbonyl (C=O) groups is 1. The number of amides is 1. The number of thioether (sulfide) groups is 1. The van der Waals surface area contributed by atoms with Gasteiger partial charge in [-0.3, -0.25) is 10.1 Å². The molecule has 1 N–H and O–H groups in total. The van der Waals surface area contributed by atoms with E-state index < -0.39 is 0 Å². The average molecular weight is 422 g/mol. The minimum atomic E-state index is -0.278. The number of hydrogen-bond donors (Lipinski definition) is 1. The number of carbonyl (C=O) groups excluding carboxylic acids is 1. The molecule has 0 fully saturated rings. The smallest absolute Gasteiger partial charge is 0.322 e. The summed E-state index contributed by atoms with van der Waals surface area (Å²) in [6, 6.07) is 13.6. The van der Waals surface area contributed by atoms with Crippen LogP contribution in [0.2, 0.25) is 0 Å². The largest absolute Gasteiger partial charge is 0.403 e. The van der Waals surface area contributed by atoms with E-state index in [1.54, 1.807) is 12.1 Å². The molecule has 0 saturated carbocycles. The molecule has 3 aromatic rings. The molecule has 0 aliphatic heterocycles. The zero-order valence-corrected chi connectivity index (χ0v) is 15.3. The van der Waals surface area contributed by atoms with Crippen molar-refractivity contribution in [3.05, 3.63) is 58.8 Å². The highest BCUT2D eigenvalue weighted by Gasteiger charge is 2.11. The molecule has 0 saturated heterocycles. The minimum absolute atomic E-state index is 0.0618. The molecule has 0 radical (unpaired) electrons. The zero-order chi connectivity index (χ0) is 17.6. The Hall–Kier alpha value is -2.19. The van der Waals surface area contributed by atoms with Crippen LogP contribution in [0.5, 0.6) is 0 Å². The predicted molar refractivity (Wildman–Crippen MR) is 97.8 cm³/mol. The molecule has 0 bridgehead atoms. The number of nitrogens with zero attached hydrogens (tertiary/aromatic N) is 2. The Balaban J connectivity index is 1.50. The quantitative estimate of drug-likeness (QED) is 0.581. The number of hydrogen-bond acceptors (Lipinski definition) is 5. The van der Waals surface area contributed by atoms with E-state index in [9.17, 15) is 9.18 Å². The van der Waals surface area contributed by atoms with Crippen LogP contribution >= 0.6 is 27.7 Å². The van der Waals surface area contributed by atoms with E-state index in [0.717, 1.165) is 14.9 Å². The Morgan fingerprint density at radius 3 is 2.76 bits per heavy atom. The van der Waals surface area contributed by atoms with Crippen LogP contribution in [0.1, 0.15) is 6.42 Å². The van der Waals surface area contributed by atoms with Crippen molar-refractivity contribution in [3.63, 3.8) is 0 Å². The van der Waals surface area contributed by atoms with Crippen molar-refractivity contribution in [1.82, 2.24) is 10.2 Å². The van der Waals surface area contributed by atoms with E-state index in [-0.39, 0.29) is 24.2 Å². The van der Waals surface area contributed by atoms with Crippen LogP contribution in [-0.4, -0.2) is 21.9 Å². The van der Waals surface area contributed by atoms with Crippen molar-refractivity contribution in [2.75, 3.05) is 11.1 Å². The SMILES string of the molecule is O=C(CCSc1ccc(F)cc1)Nc1nnc(-c2cccc(Br)c2)o1. The zero-order valence-electron chi connectivity index (χ0n) is 12.9. The van der Waals surface area contributed by atoms with Gasteiger partial charge in [-0.05, 0) is 42.5 Å². The third-order valence-corrected chi connectivity index (χ3v) is 4.66. The van der Waals surface area contributed by atoms with Gasteiger partial charge in [-0.15, -0.1) is 16.9 Å². The lowest BCUT2D eigenvalue weighted by atomic mass is 10.2. The Labute approximate surface area is 156 Å². The van der Waals surface area contributed by atoms with Gasteiger partial charge in [0, 0.05) is 27.1 Å². The lowest BCUT2D eigenvalue weighted by Gasteiger charge is -2.02. The highest BCUT2D eigenvalue weighted by atomic mass is 79.9. The second-order valence-corrected chi connectivity index (χ2v) is 7.11. The number of nitrogens with one attached hydrogen (secondary N) is 1. The highest BCUT2D eigenvalue weighted by Crippen LogP contribution is 2.23. The Bertz CT molecular complexity index is 870. The monoisotopic (exact) mass is 421 g/mol. The average Bonchev–Trinajstić information content (AvgIpc) is 3.05. The number of anilines is 1. The van der Waals surface area contributed by atoms with Crippen molar-refractivity contribution in [2.45, 2.75) is 11.3 Å². The minimum Gasteiger partial charge on any atom is -0.403 e. The summed E-state index contributed by atoms with van der Waals surface area (Å²) < 4.78 is 19.2. The van der Waals surface area contributed by atoms with Gasteiger partial charge >= 0.3 is 6.01 Å². The topological polar surface area (TPSA) is 68.0 Å². The standard InChI is InChI=1S/C17H13BrFN3O2S/c18-12-3-1-2-11(10-12)16-21-22-17(24-16)20-15(23)8-9-25-14-6-4-13(19)5-7-14/h1-7,10H,8-9H2,(H,20,22,23). The van der Waals surface area contributed by atoms with Crippen molar-refractivity contribution >= 4 is 39.6 Å². The van der Waals surface area contributed by atoms with Gasteiger partial charge in [-0.1, -0.05) is 27.1 Å². The molecule has 2 aromatic carbocycles. The number of halogens is 2. The van der Waals surface area contributed by atoms with E-state index in [1.165, 1.54) is 23.9 Å². The second-order valence-electron chi connectivity index (χ2n) is 5.02. The molecule has 0 spiro atoms. The summed E-state index contributed by atoms with van der Waals surface area (Å²) in [5, 5.41) is 10.3. The molecule has 1 heterocycles. The summed E-state index contributed by atoms with van der Waals surface area (Å²) in [5.74, 6) is 0.389. The molecule has 3 rings (SSSR count). The number of aromatic nitrogens is 2. The summed E-state index contributed by atoms with van der Waals surface area (Å²) in [6.45, 7) is 0. The molecule has 128 valence electrons. The van der Waals surface area contributed by atoms with E-state index in [1.807, 2.05) is 24.3 Å². The fourth-order valence-corrected chi connectivity index (χ4v) is 3.24. The normalized spacial score (nSPS) is 10.6. The van der Waals surface area contributed by atoms with Gasteiger partial charge in [-0.25, -0.2) is 4.39 Å². The Morgan fingerprint density at radius 2 is 2.00 bits per heavy atom. The first-order valence-electron chi connectivity index (χ1n) is 7.38. The fraction of sp³-hybridized carbons (Fsp3) is 0.118. The first-order chi connectivity index (χ1) is 12.1. The third kappa shape index (κ3) is 5.14. The summed E-state index contributed by atoms with van der Waals surface area (Å²) in [7, 11) is 0. The van der Waals surface area contributed by atoms with Gasteiger partial charge < -0.3 is 4.42 Å². The van der Waals surface area contributed by atoms with E-state index in [0.29, 0.717) is 11.6 Å². The van der Waals surface area contributed by atoms with E-state index in [2.05, 4.69) is 31.4 Å². The maximum Gasteiger partial charge on any atom is 0.322 e. The van der Waals surface area contributed by atoms with Crippen LogP contribution < -0.4 is 5.32 Å². The predicted octanol–water partition coefficient (Wildman–Crippen LogP) is 4.76. The molecule has 0 unspecified atom stereocenters. The van der Waals surface area contributed by atoms with Crippen molar-refractivity contribution < 1.29 is 13.6 Å². The summed E-state index contributed by atoms with van der Waals surface area (Å²) in [4.78, 5) is 12.8. The molecule has 25 heavy (non-hydrogen) atoms. The van der Waals surface area contributed by atoms with Gasteiger partial charge in [0.05, 0.1) is 0 Å². The van der Waals surface area contributed by atoms with Crippen LogP contribution in [0.3, 0.4) is 0 Å².